The van der Waals surface area contributed by atoms with Crippen molar-refractivity contribution in [3.05, 3.63) is 84.9 Å². The highest BCUT2D eigenvalue weighted by Crippen LogP contribution is 2.41. The van der Waals surface area contributed by atoms with E-state index in [1.807, 2.05) is 25.1 Å². The number of nitrogens with one attached hydrogen (secondary N) is 1. The third-order valence-corrected chi connectivity index (χ3v) is 7.51. The Morgan fingerprint density at radius 3 is 2.11 bits per heavy atom. The van der Waals surface area contributed by atoms with Crippen molar-refractivity contribution in [2.45, 2.75) is 11.8 Å². The molecule has 192 valence electrons. The quantitative estimate of drug-likeness (QED) is 0.313. The zero-order valence-corrected chi connectivity index (χ0v) is 21.6. The molecule has 1 amide bonds. The molecule has 4 aromatic carbocycles. The molecule has 0 saturated carbocycles. The number of benzene rings is 4. The first-order valence-corrected chi connectivity index (χ1v) is 13.1. The Bertz CT molecular complexity index is 1480. The smallest absolute Gasteiger partial charge is 0.265 e. The molecule has 0 bridgehead atoms. The summed E-state index contributed by atoms with van der Waals surface area (Å²) in [6, 6.07) is 24.0. The number of carbonyl (C=O) groups excluding carboxylic acids is 1. The highest BCUT2D eigenvalue weighted by atomic mass is 32.2. The molecule has 0 fully saturated rings. The summed E-state index contributed by atoms with van der Waals surface area (Å²) in [5.74, 6) is 0.620. The van der Waals surface area contributed by atoms with E-state index in [2.05, 4.69) is 5.32 Å². The molecule has 0 saturated heterocycles. The Kier molecular flexibility index (Phi) is 7.83. The second-order valence-electron chi connectivity index (χ2n) is 8.01. The first kappa shape index (κ1) is 25.8. The normalized spacial score (nSPS) is 11.1. The van der Waals surface area contributed by atoms with Crippen LogP contribution in [0.1, 0.15) is 6.92 Å². The molecular weight excluding hydrogens is 492 g/mol. The van der Waals surface area contributed by atoms with Crippen LogP contribution in [-0.4, -0.2) is 41.7 Å². The molecule has 0 aliphatic heterocycles. The highest BCUT2D eigenvalue weighted by Gasteiger charge is 2.33. The minimum Gasteiger partial charge on any atom is -0.494 e. The van der Waals surface area contributed by atoms with E-state index >= 15 is 0 Å². The van der Waals surface area contributed by atoms with Gasteiger partial charge in [0.25, 0.3) is 10.0 Å². The summed E-state index contributed by atoms with van der Waals surface area (Å²) in [4.78, 5) is 13.3. The lowest BCUT2D eigenvalue weighted by atomic mass is 10.1. The monoisotopic (exact) mass is 520 g/mol. The minimum absolute atomic E-state index is 0.0624. The zero-order chi connectivity index (χ0) is 26.4. The molecule has 0 heterocycles. The summed E-state index contributed by atoms with van der Waals surface area (Å²) in [6.45, 7) is 1.88. The lowest BCUT2D eigenvalue weighted by Gasteiger charge is -2.27. The average molecular weight is 521 g/mol. The van der Waals surface area contributed by atoms with Crippen LogP contribution in [0.15, 0.2) is 89.8 Å². The van der Waals surface area contributed by atoms with Gasteiger partial charge in [0, 0.05) is 11.1 Å². The van der Waals surface area contributed by atoms with Crippen molar-refractivity contribution in [1.82, 2.24) is 0 Å². The molecule has 0 atom stereocenters. The fraction of sp³-hybridized carbons (Fsp3) is 0.179. The molecule has 8 nitrogen and oxygen atoms in total. The van der Waals surface area contributed by atoms with E-state index in [0.29, 0.717) is 23.4 Å². The van der Waals surface area contributed by atoms with Gasteiger partial charge in [-0.1, -0.05) is 42.5 Å². The van der Waals surface area contributed by atoms with E-state index in [-0.39, 0.29) is 22.1 Å². The van der Waals surface area contributed by atoms with Gasteiger partial charge in [-0.15, -0.1) is 0 Å². The third kappa shape index (κ3) is 5.46. The van der Waals surface area contributed by atoms with Crippen LogP contribution in [0.5, 0.6) is 17.2 Å². The number of hydrogen-bond acceptors (Lipinski definition) is 6. The Morgan fingerprint density at radius 2 is 1.46 bits per heavy atom. The lowest BCUT2D eigenvalue weighted by Crippen LogP contribution is -2.38. The number of amides is 1. The molecule has 4 rings (SSSR count). The van der Waals surface area contributed by atoms with Crippen molar-refractivity contribution in [2.75, 3.05) is 37.0 Å². The lowest BCUT2D eigenvalue weighted by molar-refractivity contribution is -0.114. The Balaban J connectivity index is 1.79. The second kappa shape index (κ2) is 11.2. The topological polar surface area (TPSA) is 94.2 Å². The summed E-state index contributed by atoms with van der Waals surface area (Å²) in [6.07, 6.45) is 0. The Labute approximate surface area is 216 Å². The first-order chi connectivity index (χ1) is 17.9. The molecule has 1 N–H and O–H groups in total. The van der Waals surface area contributed by atoms with E-state index < -0.39 is 22.5 Å². The van der Waals surface area contributed by atoms with Gasteiger partial charge in [-0.25, -0.2) is 12.7 Å². The summed E-state index contributed by atoms with van der Waals surface area (Å²) < 4.78 is 45.9. The maximum absolute atomic E-state index is 14.2. The van der Waals surface area contributed by atoms with E-state index in [1.54, 1.807) is 60.7 Å². The number of rotatable bonds is 10. The van der Waals surface area contributed by atoms with Crippen molar-refractivity contribution >= 4 is 38.1 Å². The SMILES string of the molecule is CCOc1ccc(NC(=O)CN(c2c(OC)cccc2OC)S(=O)(=O)c2cccc3ccccc23)cc1. The van der Waals surface area contributed by atoms with Crippen LogP contribution < -0.4 is 23.8 Å². The number of nitrogens with zero attached hydrogens (tertiary/aromatic N) is 1. The van der Waals surface area contributed by atoms with Crippen molar-refractivity contribution < 1.29 is 27.4 Å². The molecule has 0 aliphatic carbocycles. The van der Waals surface area contributed by atoms with Crippen LogP contribution >= 0.6 is 0 Å². The third-order valence-electron chi connectivity index (χ3n) is 5.71. The van der Waals surface area contributed by atoms with E-state index in [1.165, 1.54) is 20.3 Å². The maximum atomic E-state index is 14.2. The Morgan fingerprint density at radius 1 is 0.838 bits per heavy atom. The van der Waals surface area contributed by atoms with Gasteiger partial charge in [0.05, 0.1) is 25.7 Å². The number of para-hydroxylation sites is 1. The molecule has 9 heteroatoms. The highest BCUT2D eigenvalue weighted by molar-refractivity contribution is 7.93. The maximum Gasteiger partial charge on any atom is 0.265 e. The summed E-state index contributed by atoms with van der Waals surface area (Å²) in [7, 11) is -1.39. The number of anilines is 2. The zero-order valence-electron chi connectivity index (χ0n) is 20.8. The number of ether oxygens (including phenoxy) is 3. The van der Waals surface area contributed by atoms with Crippen LogP contribution in [0.4, 0.5) is 11.4 Å². The van der Waals surface area contributed by atoms with E-state index in [0.717, 1.165) is 9.69 Å². The van der Waals surface area contributed by atoms with Gasteiger partial charge in [-0.2, -0.15) is 0 Å². The largest absolute Gasteiger partial charge is 0.494 e. The molecular formula is C28H28N2O6S. The fourth-order valence-electron chi connectivity index (χ4n) is 4.03. The number of fused-ring (bicyclic) bond motifs is 1. The molecule has 0 radical (unpaired) electrons. The van der Waals surface area contributed by atoms with Gasteiger partial charge in [0.1, 0.15) is 29.5 Å². The van der Waals surface area contributed by atoms with Gasteiger partial charge in [-0.05, 0) is 54.8 Å². The minimum atomic E-state index is -4.25. The van der Waals surface area contributed by atoms with Gasteiger partial charge in [0.15, 0.2) is 0 Å². The number of methoxy groups -OCH3 is 2. The summed E-state index contributed by atoms with van der Waals surface area (Å²) in [5, 5.41) is 4.06. The van der Waals surface area contributed by atoms with E-state index in [9.17, 15) is 13.2 Å². The van der Waals surface area contributed by atoms with Crippen LogP contribution in [0.3, 0.4) is 0 Å². The van der Waals surface area contributed by atoms with Crippen LogP contribution in [0.25, 0.3) is 10.8 Å². The molecule has 0 aliphatic rings. The molecule has 0 aromatic heterocycles. The fourth-order valence-corrected chi connectivity index (χ4v) is 5.69. The van der Waals surface area contributed by atoms with Crippen LogP contribution in [-0.2, 0) is 14.8 Å². The van der Waals surface area contributed by atoms with E-state index in [4.69, 9.17) is 14.2 Å². The van der Waals surface area contributed by atoms with Crippen molar-refractivity contribution in [3.63, 3.8) is 0 Å². The number of hydrogen-bond donors (Lipinski definition) is 1. The van der Waals surface area contributed by atoms with Crippen molar-refractivity contribution in [3.8, 4) is 17.2 Å². The predicted octanol–water partition coefficient (Wildman–Crippen LogP) is 5.09. The number of sulfonamides is 1. The standard InChI is InChI=1S/C28H28N2O6S/c1-4-36-22-17-15-21(16-18-22)29-27(31)19-30(28-24(34-2)12-8-13-25(28)35-3)37(32,33)26-14-7-10-20-9-5-6-11-23(20)26/h5-18H,4,19H2,1-3H3,(H,29,31). The van der Waals surface area contributed by atoms with Gasteiger partial charge in [0.2, 0.25) is 5.91 Å². The average Bonchev–Trinajstić information content (AvgIpc) is 2.92. The molecule has 0 unspecified atom stereocenters. The predicted molar refractivity (Wildman–Crippen MR) is 144 cm³/mol. The van der Waals surface area contributed by atoms with Gasteiger partial charge in [-0.3, -0.25) is 4.79 Å². The number of carbonyl (C=O) groups is 1. The van der Waals surface area contributed by atoms with Crippen LogP contribution in [0.2, 0.25) is 0 Å². The molecule has 37 heavy (non-hydrogen) atoms. The van der Waals surface area contributed by atoms with Crippen LogP contribution in [0, 0.1) is 0 Å². The molecule has 4 aromatic rings. The first-order valence-electron chi connectivity index (χ1n) is 11.6. The van der Waals surface area contributed by atoms with Crippen molar-refractivity contribution in [1.29, 1.82) is 0 Å². The Hall–Kier alpha value is -4.24. The molecule has 0 spiro atoms. The second-order valence-corrected chi connectivity index (χ2v) is 9.84. The summed E-state index contributed by atoms with van der Waals surface area (Å²) in [5.41, 5.74) is 0.630. The van der Waals surface area contributed by atoms with Crippen molar-refractivity contribution in [2.24, 2.45) is 0 Å². The van der Waals surface area contributed by atoms with Gasteiger partial charge < -0.3 is 19.5 Å². The van der Waals surface area contributed by atoms with Gasteiger partial charge >= 0.3 is 0 Å². The summed E-state index contributed by atoms with van der Waals surface area (Å²) >= 11 is 0.